The van der Waals surface area contributed by atoms with E-state index in [1.165, 1.54) is 0 Å². The van der Waals surface area contributed by atoms with E-state index in [1.54, 1.807) is 25.1 Å². The average Bonchev–Trinajstić information content (AvgIpc) is 2.39. The summed E-state index contributed by atoms with van der Waals surface area (Å²) in [6, 6.07) is 9.63. The molecule has 0 aliphatic heterocycles. The summed E-state index contributed by atoms with van der Waals surface area (Å²) < 4.78 is 5.11. The molecule has 16 heavy (non-hydrogen) atoms. The quantitative estimate of drug-likeness (QED) is 0.602. The number of hydrogen-bond acceptors (Lipinski definition) is 4. The third-order valence-electron chi connectivity index (χ3n) is 2.19. The van der Waals surface area contributed by atoms with Crippen molar-refractivity contribution < 1.29 is 4.74 Å². The van der Waals surface area contributed by atoms with Gasteiger partial charge in [-0.1, -0.05) is 0 Å². The molecule has 82 valence electrons. The lowest BCUT2D eigenvalue weighted by atomic mass is 10.2. The molecular weight excluding hydrogens is 220 g/mol. The van der Waals surface area contributed by atoms with Crippen LogP contribution in [0.2, 0.25) is 0 Å². The van der Waals surface area contributed by atoms with Gasteiger partial charge in [0.15, 0.2) is 5.82 Å². The van der Waals surface area contributed by atoms with Crippen LogP contribution in [0.15, 0.2) is 41.6 Å². The zero-order valence-electron chi connectivity index (χ0n) is 9.18. The fourth-order valence-electron chi connectivity index (χ4n) is 1.34. The van der Waals surface area contributed by atoms with Gasteiger partial charge >= 0.3 is 0 Å². The first-order valence-corrected chi connectivity index (χ1v) is 6.07. The van der Waals surface area contributed by atoms with Gasteiger partial charge in [-0.15, -0.1) is 11.8 Å². The van der Waals surface area contributed by atoms with Crippen molar-refractivity contribution in [2.75, 3.05) is 13.4 Å². The topological polar surface area (TPSA) is 35.0 Å². The fourth-order valence-corrected chi connectivity index (χ4v) is 1.71. The van der Waals surface area contributed by atoms with Crippen LogP contribution in [0.3, 0.4) is 0 Å². The van der Waals surface area contributed by atoms with Crippen molar-refractivity contribution in [2.45, 2.75) is 5.03 Å². The minimum absolute atomic E-state index is 0.745. The molecule has 0 amide bonds. The Kier molecular flexibility index (Phi) is 3.41. The number of benzene rings is 1. The summed E-state index contributed by atoms with van der Waals surface area (Å²) in [4.78, 5) is 8.68. The van der Waals surface area contributed by atoms with Crippen molar-refractivity contribution in [1.29, 1.82) is 0 Å². The van der Waals surface area contributed by atoms with Gasteiger partial charge in [-0.25, -0.2) is 9.97 Å². The molecule has 1 aromatic heterocycles. The number of nitrogens with zero attached hydrogens (tertiary/aromatic N) is 2. The van der Waals surface area contributed by atoms with Crippen molar-refractivity contribution >= 4 is 11.8 Å². The summed E-state index contributed by atoms with van der Waals surface area (Å²) in [6.07, 6.45) is 3.78. The molecule has 4 heteroatoms. The van der Waals surface area contributed by atoms with Crippen LogP contribution in [-0.2, 0) is 0 Å². The molecule has 0 spiro atoms. The first-order valence-electron chi connectivity index (χ1n) is 4.85. The molecule has 0 saturated carbocycles. The van der Waals surface area contributed by atoms with Crippen molar-refractivity contribution in [3.05, 3.63) is 36.5 Å². The molecule has 0 radical (unpaired) electrons. The van der Waals surface area contributed by atoms with Gasteiger partial charge in [-0.2, -0.15) is 0 Å². The van der Waals surface area contributed by atoms with Crippen LogP contribution in [0.5, 0.6) is 5.75 Å². The Morgan fingerprint density at radius 1 is 1.12 bits per heavy atom. The molecule has 0 saturated heterocycles. The highest BCUT2D eigenvalue weighted by molar-refractivity contribution is 7.98. The Morgan fingerprint density at radius 2 is 1.88 bits per heavy atom. The maximum Gasteiger partial charge on any atom is 0.160 e. The molecule has 0 bridgehead atoms. The molecule has 0 N–H and O–H groups in total. The highest BCUT2D eigenvalue weighted by Crippen LogP contribution is 2.20. The Hall–Kier alpha value is -1.55. The number of hydrogen-bond donors (Lipinski definition) is 0. The highest BCUT2D eigenvalue weighted by Gasteiger charge is 2.02. The molecule has 1 heterocycles. The van der Waals surface area contributed by atoms with Crippen molar-refractivity contribution in [3.8, 4) is 17.1 Å². The third-order valence-corrected chi connectivity index (χ3v) is 2.83. The van der Waals surface area contributed by atoms with Gasteiger partial charge in [-0.3, -0.25) is 0 Å². The smallest absolute Gasteiger partial charge is 0.160 e. The molecule has 0 aliphatic carbocycles. The predicted molar refractivity (Wildman–Crippen MR) is 65.8 cm³/mol. The lowest BCUT2D eigenvalue weighted by Gasteiger charge is -2.03. The minimum Gasteiger partial charge on any atom is -0.497 e. The van der Waals surface area contributed by atoms with Crippen LogP contribution in [0.25, 0.3) is 11.4 Å². The van der Waals surface area contributed by atoms with Crippen molar-refractivity contribution in [3.63, 3.8) is 0 Å². The normalized spacial score (nSPS) is 10.1. The molecule has 2 rings (SSSR count). The average molecular weight is 232 g/mol. The Balaban J connectivity index is 2.34. The van der Waals surface area contributed by atoms with Gasteiger partial charge in [0, 0.05) is 11.8 Å². The van der Waals surface area contributed by atoms with Crippen molar-refractivity contribution in [1.82, 2.24) is 9.97 Å². The molecular formula is C12H12N2OS. The second kappa shape index (κ2) is 4.99. The van der Waals surface area contributed by atoms with Crippen LogP contribution in [0, 0.1) is 0 Å². The standard InChI is InChI=1S/C12H12N2OS/c1-15-10-5-3-9(4-6-10)12-13-8-7-11(14-12)16-2/h3-8H,1-2H3. The largest absolute Gasteiger partial charge is 0.497 e. The second-order valence-corrected chi connectivity index (χ2v) is 3.98. The highest BCUT2D eigenvalue weighted by atomic mass is 32.2. The first-order chi connectivity index (χ1) is 7.83. The summed E-state index contributed by atoms with van der Waals surface area (Å²) in [5.41, 5.74) is 0.997. The Morgan fingerprint density at radius 3 is 2.50 bits per heavy atom. The van der Waals surface area contributed by atoms with Crippen LogP contribution in [0.4, 0.5) is 0 Å². The minimum atomic E-state index is 0.745. The van der Waals surface area contributed by atoms with Gasteiger partial charge in [-0.05, 0) is 36.6 Å². The number of rotatable bonds is 3. The van der Waals surface area contributed by atoms with E-state index < -0.39 is 0 Å². The summed E-state index contributed by atoms with van der Waals surface area (Å²) in [6.45, 7) is 0. The van der Waals surface area contributed by atoms with Crippen LogP contribution < -0.4 is 4.74 Å². The monoisotopic (exact) mass is 232 g/mol. The van der Waals surface area contributed by atoms with Crippen LogP contribution in [-0.4, -0.2) is 23.3 Å². The SMILES string of the molecule is COc1ccc(-c2nccc(SC)n2)cc1. The van der Waals surface area contributed by atoms with Gasteiger partial charge in [0.2, 0.25) is 0 Å². The molecule has 1 aromatic carbocycles. The lowest BCUT2D eigenvalue weighted by molar-refractivity contribution is 0.415. The molecule has 2 aromatic rings. The zero-order valence-corrected chi connectivity index (χ0v) is 9.99. The Labute approximate surface area is 98.9 Å². The van der Waals surface area contributed by atoms with E-state index in [1.807, 2.05) is 36.6 Å². The number of thioether (sulfide) groups is 1. The molecule has 0 unspecified atom stereocenters. The van der Waals surface area contributed by atoms with Crippen LogP contribution >= 0.6 is 11.8 Å². The molecule has 3 nitrogen and oxygen atoms in total. The summed E-state index contributed by atoms with van der Waals surface area (Å²) in [7, 11) is 1.65. The number of methoxy groups -OCH3 is 1. The predicted octanol–water partition coefficient (Wildman–Crippen LogP) is 2.87. The summed E-state index contributed by atoms with van der Waals surface area (Å²) in [5.74, 6) is 1.58. The zero-order chi connectivity index (χ0) is 11.4. The molecule has 0 atom stereocenters. The first kappa shape index (κ1) is 11.0. The van der Waals surface area contributed by atoms with E-state index in [-0.39, 0.29) is 0 Å². The molecule has 0 aliphatic rings. The summed E-state index contributed by atoms with van der Waals surface area (Å²) >= 11 is 1.61. The van der Waals surface area contributed by atoms with E-state index in [0.29, 0.717) is 0 Å². The second-order valence-electron chi connectivity index (χ2n) is 3.15. The van der Waals surface area contributed by atoms with Crippen LogP contribution in [0.1, 0.15) is 0 Å². The summed E-state index contributed by atoms with van der Waals surface area (Å²) in [5, 5.41) is 0.973. The van der Waals surface area contributed by atoms with E-state index >= 15 is 0 Å². The number of ether oxygens (including phenoxy) is 1. The van der Waals surface area contributed by atoms with Gasteiger partial charge in [0.1, 0.15) is 5.75 Å². The molecule has 0 fully saturated rings. The van der Waals surface area contributed by atoms with E-state index in [0.717, 1.165) is 22.2 Å². The van der Waals surface area contributed by atoms with Gasteiger partial charge < -0.3 is 4.74 Å². The van der Waals surface area contributed by atoms with E-state index in [4.69, 9.17) is 4.74 Å². The van der Waals surface area contributed by atoms with Gasteiger partial charge in [0.25, 0.3) is 0 Å². The maximum absolute atomic E-state index is 5.11. The number of aromatic nitrogens is 2. The van der Waals surface area contributed by atoms with E-state index in [9.17, 15) is 0 Å². The van der Waals surface area contributed by atoms with Gasteiger partial charge in [0.05, 0.1) is 12.1 Å². The van der Waals surface area contributed by atoms with E-state index in [2.05, 4.69) is 9.97 Å². The third kappa shape index (κ3) is 2.33. The fraction of sp³-hybridized carbons (Fsp3) is 0.167. The lowest BCUT2D eigenvalue weighted by Crippen LogP contribution is -1.90. The van der Waals surface area contributed by atoms with Crippen molar-refractivity contribution in [2.24, 2.45) is 0 Å². The maximum atomic E-state index is 5.11. The Bertz CT molecular complexity index is 471.